The minimum absolute atomic E-state index is 0.425. The van der Waals surface area contributed by atoms with Gasteiger partial charge in [0, 0.05) is 59.5 Å². The van der Waals surface area contributed by atoms with Crippen LogP contribution in [0.15, 0.2) is 144 Å². The third kappa shape index (κ3) is 3.76. The van der Waals surface area contributed by atoms with Crippen LogP contribution in [0.3, 0.4) is 0 Å². The van der Waals surface area contributed by atoms with Gasteiger partial charge in [0.1, 0.15) is 11.2 Å². The lowest BCUT2D eigenvalue weighted by atomic mass is 9.85. The van der Waals surface area contributed by atoms with E-state index in [4.69, 9.17) is 4.42 Å². The maximum atomic E-state index is 6.04. The van der Waals surface area contributed by atoms with E-state index in [9.17, 15) is 0 Å². The van der Waals surface area contributed by atoms with E-state index in [1.807, 2.05) is 23.5 Å². The Bertz CT molecular complexity index is 2610. The fourth-order valence-corrected chi connectivity index (χ4v) is 9.06. The van der Waals surface area contributed by atoms with E-state index in [0.29, 0.717) is 5.92 Å². The lowest BCUT2D eigenvalue weighted by Crippen LogP contribution is -2.11. The summed E-state index contributed by atoms with van der Waals surface area (Å²) in [7, 11) is 0. The number of benzene rings is 6. The van der Waals surface area contributed by atoms with Gasteiger partial charge >= 0.3 is 0 Å². The summed E-state index contributed by atoms with van der Waals surface area (Å²) >= 11 is 1.97. The average Bonchev–Trinajstić information content (AvgIpc) is 3.78. The van der Waals surface area contributed by atoms with Crippen molar-refractivity contribution in [1.82, 2.24) is 4.57 Å². The van der Waals surface area contributed by atoms with E-state index in [2.05, 4.69) is 139 Å². The van der Waals surface area contributed by atoms with Crippen LogP contribution < -0.4 is 0 Å². The number of para-hydroxylation sites is 2. The number of nitrogens with zero attached hydrogens (tertiary/aromatic N) is 1. The predicted octanol–water partition coefficient (Wildman–Crippen LogP) is 12.4. The molecule has 9 aromatic rings. The fourth-order valence-electron chi connectivity index (χ4n) is 7.72. The highest BCUT2D eigenvalue weighted by atomic mass is 32.1. The van der Waals surface area contributed by atoms with Crippen molar-refractivity contribution in [2.45, 2.75) is 19.3 Å². The van der Waals surface area contributed by atoms with Crippen LogP contribution >= 0.6 is 11.3 Å². The maximum absolute atomic E-state index is 6.04. The smallest absolute Gasteiger partial charge is 0.135 e. The van der Waals surface area contributed by atoms with Gasteiger partial charge in [0.25, 0.3) is 0 Å². The molecule has 6 aromatic carbocycles. The molecule has 10 rings (SSSR count). The number of thiophene rings is 1. The molecule has 1 unspecified atom stereocenters. The van der Waals surface area contributed by atoms with Crippen LogP contribution in [0.25, 0.3) is 82.0 Å². The molecular formula is C43H29NOS. The first-order valence-electron chi connectivity index (χ1n) is 16.0. The van der Waals surface area contributed by atoms with Crippen LogP contribution in [0.1, 0.15) is 23.4 Å². The molecule has 0 saturated heterocycles. The topological polar surface area (TPSA) is 18.1 Å². The third-order valence-corrected chi connectivity index (χ3v) is 11.0. The maximum Gasteiger partial charge on any atom is 0.135 e. The second-order valence-corrected chi connectivity index (χ2v) is 13.7. The van der Waals surface area contributed by atoms with Crippen LogP contribution in [-0.2, 0) is 6.42 Å². The van der Waals surface area contributed by atoms with E-state index >= 15 is 0 Å². The zero-order valence-electron chi connectivity index (χ0n) is 25.3. The molecule has 0 saturated carbocycles. The Balaban J connectivity index is 1.03. The Hall–Kier alpha value is -5.38. The van der Waals surface area contributed by atoms with E-state index in [-0.39, 0.29) is 0 Å². The summed E-state index contributed by atoms with van der Waals surface area (Å²) in [5.74, 6) is 0.425. The molecule has 3 aromatic heterocycles. The van der Waals surface area contributed by atoms with Crippen LogP contribution in [0.4, 0.5) is 0 Å². The number of furan rings is 1. The molecular weight excluding hydrogens is 579 g/mol. The number of aromatic nitrogens is 1. The molecule has 3 heteroatoms. The normalized spacial score (nSPS) is 14.3. The molecule has 1 aliphatic rings. The first-order valence-corrected chi connectivity index (χ1v) is 16.8. The highest BCUT2D eigenvalue weighted by Crippen LogP contribution is 2.52. The minimum atomic E-state index is 0.425. The van der Waals surface area contributed by atoms with Gasteiger partial charge in [-0.25, -0.2) is 0 Å². The zero-order chi connectivity index (χ0) is 30.4. The number of hydrogen-bond donors (Lipinski definition) is 0. The minimum Gasteiger partial charge on any atom is -0.456 e. The molecule has 218 valence electrons. The fraction of sp³-hybridized carbons (Fsp3) is 0.0698. The van der Waals surface area contributed by atoms with E-state index in [1.54, 1.807) is 0 Å². The van der Waals surface area contributed by atoms with E-state index in [1.165, 1.54) is 70.6 Å². The van der Waals surface area contributed by atoms with E-state index < -0.39 is 0 Å². The third-order valence-electron chi connectivity index (χ3n) is 9.84. The molecule has 0 N–H and O–H groups in total. The first kappa shape index (κ1) is 25.9. The van der Waals surface area contributed by atoms with Gasteiger partial charge in [0.05, 0.1) is 5.52 Å². The molecule has 3 heterocycles. The Morgan fingerprint density at radius 1 is 0.565 bits per heavy atom. The van der Waals surface area contributed by atoms with Crippen molar-refractivity contribution in [2.75, 3.05) is 0 Å². The summed E-state index contributed by atoms with van der Waals surface area (Å²) < 4.78 is 9.95. The van der Waals surface area contributed by atoms with Crippen LogP contribution in [0, 0.1) is 0 Å². The van der Waals surface area contributed by atoms with Crippen molar-refractivity contribution >= 4 is 54.3 Å². The summed E-state index contributed by atoms with van der Waals surface area (Å²) in [4.78, 5) is 1.51. The van der Waals surface area contributed by atoms with Crippen LogP contribution in [0.2, 0.25) is 0 Å². The van der Waals surface area contributed by atoms with Crippen molar-refractivity contribution in [3.63, 3.8) is 0 Å². The predicted molar refractivity (Wildman–Crippen MR) is 194 cm³/mol. The molecule has 1 aliphatic carbocycles. The zero-order valence-corrected chi connectivity index (χ0v) is 26.1. The highest BCUT2D eigenvalue weighted by molar-refractivity contribution is 7.19. The summed E-state index contributed by atoms with van der Waals surface area (Å²) in [6.07, 6.45) is 1.08. The molecule has 2 nitrogen and oxygen atoms in total. The summed E-state index contributed by atoms with van der Waals surface area (Å²) in [5.41, 5.74) is 13.5. The Kier molecular flexibility index (Phi) is 5.52. The summed E-state index contributed by atoms with van der Waals surface area (Å²) in [6.45, 7) is 2.39. The van der Waals surface area contributed by atoms with Gasteiger partial charge in [-0.05, 0) is 71.1 Å². The molecule has 0 bridgehead atoms. The second kappa shape index (κ2) is 9.81. The van der Waals surface area contributed by atoms with Gasteiger partial charge in [-0.15, -0.1) is 11.3 Å². The molecule has 0 radical (unpaired) electrons. The van der Waals surface area contributed by atoms with Crippen molar-refractivity contribution < 1.29 is 4.42 Å². The van der Waals surface area contributed by atoms with Gasteiger partial charge in [0.15, 0.2) is 0 Å². The molecule has 0 fully saturated rings. The molecule has 0 spiro atoms. The van der Waals surface area contributed by atoms with Gasteiger partial charge < -0.3 is 8.98 Å². The number of hydrogen-bond acceptors (Lipinski definition) is 2. The van der Waals surface area contributed by atoms with Gasteiger partial charge in [-0.2, -0.15) is 0 Å². The first-order chi connectivity index (χ1) is 22.7. The lowest BCUT2D eigenvalue weighted by molar-refractivity contribution is 0.669. The van der Waals surface area contributed by atoms with Crippen molar-refractivity contribution in [3.8, 4) is 39.1 Å². The van der Waals surface area contributed by atoms with E-state index in [0.717, 1.165) is 28.4 Å². The SMILES string of the molecule is CC1Cc2sc3ccccc3c2-c2c1n(-c1ccc(-c3ccc(-c4ccc5oc6ccccc6c5c4)cc3)cc1)c1ccccc21. The quantitative estimate of drug-likeness (QED) is 0.195. The Morgan fingerprint density at radius 2 is 1.17 bits per heavy atom. The van der Waals surface area contributed by atoms with Gasteiger partial charge in [-0.1, -0.05) is 104 Å². The Labute approximate surface area is 270 Å². The molecule has 46 heavy (non-hydrogen) atoms. The highest BCUT2D eigenvalue weighted by Gasteiger charge is 2.32. The Morgan fingerprint density at radius 3 is 1.98 bits per heavy atom. The molecule has 0 aliphatic heterocycles. The molecule has 0 amide bonds. The summed E-state index contributed by atoms with van der Waals surface area (Å²) in [5, 5.41) is 5.04. The largest absolute Gasteiger partial charge is 0.456 e. The summed E-state index contributed by atoms with van der Waals surface area (Å²) in [6, 6.07) is 50.7. The number of rotatable bonds is 3. The van der Waals surface area contributed by atoms with Crippen molar-refractivity contribution in [2.24, 2.45) is 0 Å². The number of fused-ring (bicyclic) bond motifs is 10. The van der Waals surface area contributed by atoms with Crippen molar-refractivity contribution in [3.05, 3.63) is 150 Å². The van der Waals surface area contributed by atoms with Gasteiger partial charge in [-0.3, -0.25) is 0 Å². The monoisotopic (exact) mass is 607 g/mol. The van der Waals surface area contributed by atoms with Crippen LogP contribution in [0.5, 0.6) is 0 Å². The standard InChI is InChI=1S/C43H29NOS/c1-26-24-40-41(34-10-4-7-13-39(34)46-40)42-33-9-2-5-11-36(33)44(43(26)42)31-21-18-28(19-22-31)27-14-16-29(17-15-27)30-20-23-38-35(25-30)32-8-3-6-12-37(32)45-38/h2-23,25-26H,24H2,1H3. The molecule has 1 atom stereocenters. The van der Waals surface area contributed by atoms with Crippen LogP contribution in [-0.4, -0.2) is 4.57 Å². The van der Waals surface area contributed by atoms with Crippen molar-refractivity contribution in [1.29, 1.82) is 0 Å². The lowest BCUT2D eigenvalue weighted by Gasteiger charge is -2.23. The second-order valence-electron chi connectivity index (χ2n) is 12.5. The average molecular weight is 608 g/mol. The van der Waals surface area contributed by atoms with Gasteiger partial charge in [0.2, 0.25) is 0 Å².